The monoisotopic (exact) mass is 430 g/mol. The Bertz CT molecular complexity index is 1030. The maximum atomic E-state index is 13.1. The molecule has 3 rings (SSSR count). The summed E-state index contributed by atoms with van der Waals surface area (Å²) in [5, 5.41) is 2.73. The van der Waals surface area contributed by atoms with Crippen LogP contribution in [0.15, 0.2) is 58.8 Å². The third-order valence-corrected chi connectivity index (χ3v) is 7.18. The number of aryl methyl sites for hydroxylation is 2. The van der Waals surface area contributed by atoms with Gasteiger partial charge in [-0.3, -0.25) is 0 Å². The fraction of sp³-hybridized carbons (Fsp3) is 0.318. The second-order valence-electron chi connectivity index (χ2n) is 6.99. The van der Waals surface area contributed by atoms with Crippen LogP contribution in [-0.2, 0) is 23.2 Å². The van der Waals surface area contributed by atoms with Gasteiger partial charge in [-0.1, -0.05) is 42.3 Å². The first-order valence-electron chi connectivity index (χ1n) is 9.58. The molecule has 7 heteroatoms. The first-order valence-corrected chi connectivity index (χ1v) is 11.9. The van der Waals surface area contributed by atoms with Gasteiger partial charge in [0.05, 0.1) is 17.1 Å². The molecule has 0 bridgehead atoms. The molecule has 0 aliphatic rings. The summed E-state index contributed by atoms with van der Waals surface area (Å²) in [5.41, 5.74) is 2.95. The molecule has 3 aromatic rings. The molecule has 5 nitrogen and oxygen atoms in total. The fourth-order valence-electron chi connectivity index (χ4n) is 2.84. The fourth-order valence-corrected chi connectivity index (χ4v) is 5.04. The van der Waals surface area contributed by atoms with Gasteiger partial charge in [-0.05, 0) is 44.5 Å². The van der Waals surface area contributed by atoms with Crippen molar-refractivity contribution < 1.29 is 13.2 Å². The summed E-state index contributed by atoms with van der Waals surface area (Å²) in [5.74, 6) is 0.793. The van der Waals surface area contributed by atoms with E-state index in [0.29, 0.717) is 18.0 Å². The van der Waals surface area contributed by atoms with Crippen molar-refractivity contribution in [3.8, 4) is 5.75 Å². The molecule has 29 heavy (non-hydrogen) atoms. The van der Waals surface area contributed by atoms with Crippen molar-refractivity contribution in [1.82, 2.24) is 9.29 Å². The van der Waals surface area contributed by atoms with Gasteiger partial charge in [0.2, 0.25) is 10.0 Å². The van der Waals surface area contributed by atoms with E-state index in [1.807, 2.05) is 62.5 Å². The third-order valence-electron chi connectivity index (χ3n) is 4.45. The van der Waals surface area contributed by atoms with Crippen LogP contribution < -0.4 is 4.74 Å². The minimum absolute atomic E-state index is 0.255. The number of ether oxygens (including phenoxy) is 1. The zero-order valence-electron chi connectivity index (χ0n) is 17.0. The Labute approximate surface area is 177 Å². The maximum absolute atomic E-state index is 13.1. The highest BCUT2D eigenvalue weighted by atomic mass is 32.2. The number of hydrogen-bond donors (Lipinski definition) is 0. The molecule has 154 valence electrons. The number of hydrogen-bond acceptors (Lipinski definition) is 5. The molecule has 0 spiro atoms. The highest BCUT2D eigenvalue weighted by Gasteiger charge is 2.24. The lowest BCUT2D eigenvalue weighted by Crippen LogP contribution is -2.31. The Hall–Kier alpha value is -2.22. The summed E-state index contributed by atoms with van der Waals surface area (Å²) in [6.45, 7) is 7.01. The van der Waals surface area contributed by atoms with Gasteiger partial charge < -0.3 is 4.74 Å². The largest absolute Gasteiger partial charge is 0.486 e. The summed E-state index contributed by atoms with van der Waals surface area (Å²) in [6.07, 6.45) is 0.735. The Morgan fingerprint density at radius 1 is 1.00 bits per heavy atom. The molecule has 0 aliphatic heterocycles. The van der Waals surface area contributed by atoms with Crippen LogP contribution in [0.1, 0.15) is 35.2 Å². The molecule has 1 aromatic heterocycles. The van der Waals surface area contributed by atoms with E-state index in [2.05, 4.69) is 4.98 Å². The van der Waals surface area contributed by atoms with E-state index in [1.165, 1.54) is 21.2 Å². The predicted molar refractivity (Wildman–Crippen MR) is 117 cm³/mol. The first-order chi connectivity index (χ1) is 13.9. The van der Waals surface area contributed by atoms with Crippen LogP contribution in [0.4, 0.5) is 0 Å². The summed E-state index contributed by atoms with van der Waals surface area (Å²) < 4.78 is 33.4. The van der Waals surface area contributed by atoms with E-state index in [9.17, 15) is 8.42 Å². The standard InChI is InChI=1S/C22H26N2O3S2/c1-4-13-24(29(25,26)21-11-7-18(3)8-12-21)14-19-16-28-22(23-19)15-27-20-9-5-17(2)6-10-20/h5-12,16H,4,13-15H2,1-3H3. The molecular weight excluding hydrogens is 404 g/mol. The molecule has 0 saturated heterocycles. The van der Waals surface area contributed by atoms with Gasteiger partial charge in [-0.15, -0.1) is 11.3 Å². The summed E-state index contributed by atoms with van der Waals surface area (Å²) in [6, 6.07) is 14.8. The van der Waals surface area contributed by atoms with Crippen LogP contribution in [0.2, 0.25) is 0 Å². The summed E-state index contributed by atoms with van der Waals surface area (Å²) >= 11 is 1.48. The number of benzene rings is 2. The molecule has 0 unspecified atom stereocenters. The molecule has 0 atom stereocenters. The average molecular weight is 431 g/mol. The maximum Gasteiger partial charge on any atom is 0.243 e. The van der Waals surface area contributed by atoms with Crippen LogP contribution in [-0.4, -0.2) is 24.3 Å². The Morgan fingerprint density at radius 3 is 2.24 bits per heavy atom. The number of nitrogens with zero attached hydrogens (tertiary/aromatic N) is 2. The van der Waals surface area contributed by atoms with Crippen LogP contribution in [0.5, 0.6) is 5.75 Å². The topological polar surface area (TPSA) is 59.5 Å². The van der Waals surface area contributed by atoms with Gasteiger partial charge in [0, 0.05) is 11.9 Å². The summed E-state index contributed by atoms with van der Waals surface area (Å²) in [7, 11) is -3.56. The van der Waals surface area contributed by atoms with Crippen molar-refractivity contribution in [3.05, 3.63) is 75.7 Å². The zero-order valence-corrected chi connectivity index (χ0v) is 18.6. The highest BCUT2D eigenvalue weighted by molar-refractivity contribution is 7.89. The molecule has 2 aromatic carbocycles. The first kappa shape index (κ1) is 21.5. The normalized spacial score (nSPS) is 11.7. The van der Waals surface area contributed by atoms with Gasteiger partial charge in [0.25, 0.3) is 0 Å². The van der Waals surface area contributed by atoms with Gasteiger partial charge in [0.1, 0.15) is 17.4 Å². The number of aromatic nitrogens is 1. The number of sulfonamides is 1. The van der Waals surface area contributed by atoms with E-state index < -0.39 is 10.0 Å². The predicted octanol–water partition coefficient (Wildman–Crippen LogP) is 4.94. The lowest BCUT2D eigenvalue weighted by molar-refractivity contribution is 0.305. The van der Waals surface area contributed by atoms with Gasteiger partial charge in [-0.2, -0.15) is 4.31 Å². The van der Waals surface area contributed by atoms with Crippen molar-refractivity contribution in [2.45, 2.75) is 45.2 Å². The molecule has 0 fully saturated rings. The SMILES string of the molecule is CCCN(Cc1csc(COc2ccc(C)cc2)n1)S(=O)(=O)c1ccc(C)cc1. The average Bonchev–Trinajstić information content (AvgIpc) is 3.15. The molecule has 0 amide bonds. The molecule has 0 aliphatic carbocycles. The minimum atomic E-state index is -3.56. The smallest absolute Gasteiger partial charge is 0.243 e. The minimum Gasteiger partial charge on any atom is -0.486 e. The highest BCUT2D eigenvalue weighted by Crippen LogP contribution is 2.21. The van der Waals surface area contributed by atoms with Crippen molar-refractivity contribution >= 4 is 21.4 Å². The summed E-state index contributed by atoms with van der Waals surface area (Å²) in [4.78, 5) is 4.89. The number of rotatable bonds is 9. The van der Waals surface area contributed by atoms with E-state index >= 15 is 0 Å². The second kappa shape index (κ2) is 9.52. The second-order valence-corrected chi connectivity index (χ2v) is 9.87. The molecule has 0 radical (unpaired) electrons. The zero-order chi connectivity index (χ0) is 20.9. The quantitative estimate of drug-likeness (QED) is 0.482. The van der Waals surface area contributed by atoms with E-state index in [4.69, 9.17) is 4.74 Å². The van der Waals surface area contributed by atoms with Crippen molar-refractivity contribution in [2.24, 2.45) is 0 Å². The molecule has 1 heterocycles. The Balaban J connectivity index is 1.69. The van der Waals surface area contributed by atoms with Gasteiger partial charge in [-0.25, -0.2) is 13.4 Å². The van der Waals surface area contributed by atoms with Crippen molar-refractivity contribution in [1.29, 1.82) is 0 Å². The van der Waals surface area contributed by atoms with Crippen LogP contribution in [0.3, 0.4) is 0 Å². The Morgan fingerprint density at radius 2 is 1.62 bits per heavy atom. The third kappa shape index (κ3) is 5.65. The van der Waals surface area contributed by atoms with Crippen molar-refractivity contribution in [3.63, 3.8) is 0 Å². The van der Waals surface area contributed by atoms with Gasteiger partial charge >= 0.3 is 0 Å². The van der Waals surface area contributed by atoms with Crippen molar-refractivity contribution in [2.75, 3.05) is 6.54 Å². The van der Waals surface area contributed by atoms with Gasteiger partial charge in [0.15, 0.2) is 0 Å². The lowest BCUT2D eigenvalue weighted by atomic mass is 10.2. The molecule has 0 N–H and O–H groups in total. The molecule has 0 saturated carbocycles. The Kier molecular flexibility index (Phi) is 7.05. The number of thiazole rings is 1. The van der Waals surface area contributed by atoms with E-state index in [0.717, 1.165) is 28.4 Å². The van der Waals surface area contributed by atoms with E-state index in [1.54, 1.807) is 12.1 Å². The lowest BCUT2D eigenvalue weighted by Gasteiger charge is -2.21. The van der Waals surface area contributed by atoms with E-state index in [-0.39, 0.29) is 6.54 Å². The van der Waals surface area contributed by atoms with Crippen LogP contribution >= 0.6 is 11.3 Å². The van der Waals surface area contributed by atoms with Crippen LogP contribution in [0.25, 0.3) is 0 Å². The molecular formula is C22H26N2O3S2. The van der Waals surface area contributed by atoms with Crippen LogP contribution in [0, 0.1) is 13.8 Å².